The molecule has 7 nitrogen and oxygen atoms in total. The van der Waals surface area contributed by atoms with Crippen LogP contribution in [0.1, 0.15) is 73.2 Å². The van der Waals surface area contributed by atoms with E-state index < -0.39 is 0 Å². The molecule has 31 heavy (non-hydrogen) atoms. The monoisotopic (exact) mass is 424 g/mol. The lowest BCUT2D eigenvalue weighted by atomic mass is 9.85. The number of hydrazine groups is 1. The van der Waals surface area contributed by atoms with E-state index in [0.717, 1.165) is 42.6 Å². The molecule has 7 heteroatoms. The number of ether oxygens (including phenoxy) is 1. The van der Waals surface area contributed by atoms with Crippen LogP contribution in [0.5, 0.6) is 0 Å². The number of fused-ring (bicyclic) bond motifs is 1. The SMILES string of the molecule is CCOC(=O)C1CCc2c(c(C(=O)NN(C)c3ccccc3)nn2C2CCCCC2)C1. The number of nitrogens with zero attached hydrogens (tertiary/aromatic N) is 3. The molecule has 0 spiro atoms. The second-order valence-corrected chi connectivity index (χ2v) is 8.54. The van der Waals surface area contributed by atoms with Crippen molar-refractivity contribution in [2.24, 2.45) is 5.92 Å². The van der Waals surface area contributed by atoms with Crippen LogP contribution in [0, 0.1) is 5.92 Å². The standard InChI is InChI=1S/C24H32N4O3/c1-3-31-24(30)17-14-15-21-20(16-17)22(25-28(21)19-12-8-5-9-13-19)23(29)26-27(2)18-10-6-4-7-11-18/h4,6-7,10-11,17,19H,3,5,8-9,12-16H2,1-2H3,(H,26,29). The van der Waals surface area contributed by atoms with E-state index in [1.165, 1.54) is 19.3 Å². The zero-order valence-electron chi connectivity index (χ0n) is 18.5. The summed E-state index contributed by atoms with van der Waals surface area (Å²) in [5.74, 6) is -0.622. The van der Waals surface area contributed by atoms with Crippen molar-refractivity contribution >= 4 is 17.6 Å². The van der Waals surface area contributed by atoms with Gasteiger partial charge in [0.05, 0.1) is 24.3 Å². The number of amides is 1. The first kappa shape index (κ1) is 21.4. The maximum Gasteiger partial charge on any atom is 0.309 e. The molecule has 2 aliphatic rings. The zero-order valence-corrected chi connectivity index (χ0v) is 18.5. The van der Waals surface area contributed by atoms with Crippen LogP contribution in [-0.4, -0.2) is 35.3 Å². The van der Waals surface area contributed by atoms with Crippen LogP contribution in [0.3, 0.4) is 0 Å². The topological polar surface area (TPSA) is 76.5 Å². The molecule has 0 saturated heterocycles. The van der Waals surface area contributed by atoms with Gasteiger partial charge in [-0.1, -0.05) is 37.5 Å². The third-order valence-electron chi connectivity index (χ3n) is 6.47. The van der Waals surface area contributed by atoms with E-state index in [1.54, 1.807) is 5.01 Å². The van der Waals surface area contributed by atoms with Crippen LogP contribution in [0.25, 0.3) is 0 Å². The van der Waals surface area contributed by atoms with Crippen molar-refractivity contribution in [1.82, 2.24) is 15.2 Å². The predicted molar refractivity (Wildman–Crippen MR) is 119 cm³/mol. The Balaban J connectivity index is 1.62. The highest BCUT2D eigenvalue weighted by Crippen LogP contribution is 2.35. The van der Waals surface area contributed by atoms with E-state index >= 15 is 0 Å². The minimum absolute atomic E-state index is 0.175. The van der Waals surface area contributed by atoms with Crippen molar-refractivity contribution in [2.45, 2.75) is 64.3 Å². The minimum atomic E-state index is -0.235. The van der Waals surface area contributed by atoms with Gasteiger partial charge >= 0.3 is 5.97 Å². The number of para-hydroxylation sites is 1. The summed E-state index contributed by atoms with van der Waals surface area (Å²) >= 11 is 0. The van der Waals surface area contributed by atoms with Gasteiger partial charge in [0.25, 0.3) is 5.91 Å². The number of anilines is 1. The van der Waals surface area contributed by atoms with Crippen LogP contribution >= 0.6 is 0 Å². The number of esters is 1. The Kier molecular flexibility index (Phi) is 6.59. The van der Waals surface area contributed by atoms with Gasteiger partial charge in [0.1, 0.15) is 0 Å². The van der Waals surface area contributed by atoms with Crippen molar-refractivity contribution in [2.75, 3.05) is 18.7 Å². The smallest absolute Gasteiger partial charge is 0.309 e. The number of rotatable bonds is 6. The summed E-state index contributed by atoms with van der Waals surface area (Å²) in [7, 11) is 1.82. The van der Waals surface area contributed by atoms with E-state index in [4.69, 9.17) is 9.84 Å². The molecule has 2 aliphatic carbocycles. The lowest BCUT2D eigenvalue weighted by Crippen LogP contribution is -2.40. The van der Waals surface area contributed by atoms with E-state index in [9.17, 15) is 9.59 Å². The van der Waals surface area contributed by atoms with Gasteiger partial charge in [-0.05, 0) is 51.2 Å². The van der Waals surface area contributed by atoms with E-state index in [0.29, 0.717) is 24.8 Å². The van der Waals surface area contributed by atoms with Gasteiger partial charge in [-0.25, -0.2) is 0 Å². The van der Waals surface area contributed by atoms with Crippen molar-refractivity contribution in [1.29, 1.82) is 0 Å². The molecule has 1 unspecified atom stereocenters. The molecule has 1 amide bonds. The average Bonchev–Trinajstić information content (AvgIpc) is 3.19. The van der Waals surface area contributed by atoms with Crippen LogP contribution in [0.4, 0.5) is 5.69 Å². The van der Waals surface area contributed by atoms with Gasteiger partial charge in [0, 0.05) is 18.3 Å². The molecule has 1 aromatic carbocycles. The van der Waals surface area contributed by atoms with Gasteiger partial charge < -0.3 is 4.74 Å². The number of hydrogen-bond acceptors (Lipinski definition) is 5. The van der Waals surface area contributed by atoms with Crippen molar-refractivity contribution in [3.8, 4) is 0 Å². The number of aromatic nitrogens is 2. The number of hydrogen-bond donors (Lipinski definition) is 1. The number of nitrogens with one attached hydrogen (secondary N) is 1. The molecule has 0 aliphatic heterocycles. The Morgan fingerprint density at radius 1 is 1.16 bits per heavy atom. The first-order valence-electron chi connectivity index (χ1n) is 11.4. The first-order chi connectivity index (χ1) is 15.1. The largest absolute Gasteiger partial charge is 0.466 e. The van der Waals surface area contributed by atoms with Gasteiger partial charge in [0.2, 0.25) is 0 Å². The molecule has 0 bridgehead atoms. The number of benzene rings is 1. The third kappa shape index (κ3) is 4.60. The summed E-state index contributed by atoms with van der Waals surface area (Å²) in [6.07, 6.45) is 7.87. The van der Waals surface area contributed by atoms with Gasteiger partial charge in [-0.3, -0.25) is 24.7 Å². The van der Waals surface area contributed by atoms with Gasteiger partial charge in [-0.15, -0.1) is 0 Å². The van der Waals surface area contributed by atoms with Crippen molar-refractivity contribution in [3.63, 3.8) is 0 Å². The molecule has 1 saturated carbocycles. The molecule has 4 rings (SSSR count). The van der Waals surface area contributed by atoms with Gasteiger partial charge in [0.15, 0.2) is 5.69 Å². The molecule has 166 valence electrons. The minimum Gasteiger partial charge on any atom is -0.466 e. The van der Waals surface area contributed by atoms with Crippen molar-refractivity contribution < 1.29 is 14.3 Å². The molecule has 0 radical (unpaired) electrons. The van der Waals surface area contributed by atoms with Gasteiger partial charge in [-0.2, -0.15) is 5.10 Å². The van der Waals surface area contributed by atoms with Crippen LogP contribution in [-0.2, 0) is 22.4 Å². The molecule has 1 aromatic heterocycles. The summed E-state index contributed by atoms with van der Waals surface area (Å²) in [5, 5.41) is 6.54. The lowest BCUT2D eigenvalue weighted by molar-refractivity contribution is -0.148. The molecule has 1 fully saturated rings. The van der Waals surface area contributed by atoms with Crippen molar-refractivity contribution in [3.05, 3.63) is 47.3 Å². The Morgan fingerprint density at radius 3 is 2.61 bits per heavy atom. The summed E-state index contributed by atoms with van der Waals surface area (Å²) in [4.78, 5) is 25.7. The number of carbonyl (C=O) groups is 2. The van der Waals surface area contributed by atoms with E-state index in [2.05, 4.69) is 10.1 Å². The fraction of sp³-hybridized carbons (Fsp3) is 0.542. The van der Waals surface area contributed by atoms with E-state index in [1.807, 2.05) is 44.3 Å². The zero-order chi connectivity index (χ0) is 21.8. The normalized spacial score (nSPS) is 18.8. The maximum absolute atomic E-state index is 13.3. The Labute approximate surface area is 183 Å². The predicted octanol–water partition coefficient (Wildman–Crippen LogP) is 3.84. The second kappa shape index (κ2) is 9.54. The summed E-state index contributed by atoms with van der Waals surface area (Å²) in [5.41, 5.74) is 6.32. The second-order valence-electron chi connectivity index (χ2n) is 8.54. The molecular formula is C24H32N4O3. The Hall–Kier alpha value is -2.83. The maximum atomic E-state index is 13.3. The summed E-state index contributed by atoms with van der Waals surface area (Å²) in [6.45, 7) is 2.20. The molecule has 1 N–H and O–H groups in total. The molecular weight excluding hydrogens is 392 g/mol. The summed E-state index contributed by atoms with van der Waals surface area (Å²) in [6, 6.07) is 10.0. The fourth-order valence-electron chi connectivity index (χ4n) is 4.84. The third-order valence-corrected chi connectivity index (χ3v) is 6.47. The highest BCUT2D eigenvalue weighted by Gasteiger charge is 2.35. The van der Waals surface area contributed by atoms with Crippen LogP contribution in [0.15, 0.2) is 30.3 Å². The highest BCUT2D eigenvalue weighted by molar-refractivity contribution is 5.95. The van der Waals surface area contributed by atoms with Crippen LogP contribution in [0.2, 0.25) is 0 Å². The molecule has 1 heterocycles. The quantitative estimate of drug-likeness (QED) is 0.563. The Bertz CT molecular complexity index is 918. The molecule has 2 aromatic rings. The lowest BCUT2D eigenvalue weighted by Gasteiger charge is -2.27. The molecule has 1 atom stereocenters. The number of carbonyl (C=O) groups excluding carboxylic acids is 2. The Morgan fingerprint density at radius 2 is 1.90 bits per heavy atom. The van der Waals surface area contributed by atoms with E-state index in [-0.39, 0.29) is 17.8 Å². The average molecular weight is 425 g/mol. The first-order valence-corrected chi connectivity index (χ1v) is 11.4. The highest BCUT2D eigenvalue weighted by atomic mass is 16.5. The van der Waals surface area contributed by atoms with Crippen LogP contribution < -0.4 is 10.4 Å². The fourth-order valence-corrected chi connectivity index (χ4v) is 4.84. The summed E-state index contributed by atoms with van der Waals surface area (Å²) < 4.78 is 7.37.